The smallest absolute Gasteiger partial charge is 0.145 e. The molecule has 2 bridgehead atoms. The molecule has 0 radical (unpaired) electrons. The van der Waals surface area contributed by atoms with Crippen molar-refractivity contribution in [3.05, 3.63) is 69.2 Å². The largest absolute Gasteiger partial charge is 0.383 e. The van der Waals surface area contributed by atoms with Gasteiger partial charge in [0, 0.05) is 23.2 Å². The zero-order valence-electron chi connectivity index (χ0n) is 19.1. The van der Waals surface area contributed by atoms with Gasteiger partial charge in [-0.2, -0.15) is 5.26 Å². The Kier molecular flexibility index (Phi) is 5.85. The first-order valence-corrected chi connectivity index (χ1v) is 12.9. The van der Waals surface area contributed by atoms with Gasteiger partial charge in [0.2, 0.25) is 0 Å². The highest BCUT2D eigenvalue weighted by atomic mass is 35.5. The third-order valence-electron chi connectivity index (χ3n) is 7.93. The maximum atomic E-state index is 11.7. The van der Waals surface area contributed by atoms with Crippen LogP contribution in [0.5, 0.6) is 0 Å². The number of fused-ring (bicyclic) bond motifs is 2. The number of aliphatic hydroxyl groups is 1. The fraction of sp³-hybridized carbons (Fsp3) is 0.444. The lowest BCUT2D eigenvalue weighted by atomic mass is 9.71. The molecule has 2 heterocycles. The standard InChI is InChI=1S/C27H25Cl2N3O3/c28-21-2-1-3-22(29)24(21)25-20(26(35-32-25)16-4-5-16)14-34-19-11-17-6-7-18(12-19)27(17,33)23-10-15(13-30)8-9-31-23/h1-3,8-10,16-19,33H,4-7,11-12,14H2/t17-,18+,19+,27-. The van der Waals surface area contributed by atoms with Crippen molar-refractivity contribution < 1.29 is 14.4 Å². The fourth-order valence-corrected chi connectivity index (χ4v) is 6.60. The first-order chi connectivity index (χ1) is 17.0. The second-order valence-corrected chi connectivity index (χ2v) is 10.8. The molecule has 3 aromatic rings. The summed E-state index contributed by atoms with van der Waals surface area (Å²) in [5.41, 5.74) is 2.35. The van der Waals surface area contributed by atoms with Gasteiger partial charge in [-0.3, -0.25) is 4.98 Å². The minimum Gasteiger partial charge on any atom is -0.383 e. The summed E-state index contributed by atoms with van der Waals surface area (Å²) in [4.78, 5) is 4.45. The molecule has 3 saturated carbocycles. The summed E-state index contributed by atoms with van der Waals surface area (Å²) >= 11 is 13.0. The number of benzene rings is 1. The van der Waals surface area contributed by atoms with Crippen molar-refractivity contribution in [1.29, 1.82) is 5.26 Å². The van der Waals surface area contributed by atoms with Crippen LogP contribution in [0.4, 0.5) is 0 Å². The molecule has 180 valence electrons. The number of hydrogen-bond acceptors (Lipinski definition) is 6. The Balaban J connectivity index is 1.23. The molecule has 0 unspecified atom stereocenters. The van der Waals surface area contributed by atoms with E-state index < -0.39 is 5.60 Å². The molecule has 2 aromatic heterocycles. The van der Waals surface area contributed by atoms with Crippen LogP contribution in [0.15, 0.2) is 41.1 Å². The van der Waals surface area contributed by atoms with Gasteiger partial charge in [0.15, 0.2) is 0 Å². The highest BCUT2D eigenvalue weighted by molar-refractivity contribution is 6.39. The van der Waals surface area contributed by atoms with Gasteiger partial charge in [0.05, 0.1) is 40.1 Å². The predicted molar refractivity (Wildman–Crippen MR) is 131 cm³/mol. The molecule has 6 nitrogen and oxygen atoms in total. The average molecular weight is 510 g/mol. The summed E-state index contributed by atoms with van der Waals surface area (Å²) in [5, 5.41) is 26.4. The average Bonchev–Trinajstić information content (AvgIpc) is 3.60. The van der Waals surface area contributed by atoms with Crippen LogP contribution in [-0.4, -0.2) is 21.4 Å². The van der Waals surface area contributed by atoms with Crippen molar-refractivity contribution in [2.24, 2.45) is 11.8 Å². The third kappa shape index (κ3) is 3.95. The van der Waals surface area contributed by atoms with E-state index in [1.54, 1.807) is 30.5 Å². The number of pyridine rings is 1. The molecule has 3 fully saturated rings. The van der Waals surface area contributed by atoms with E-state index in [1.807, 2.05) is 6.07 Å². The summed E-state index contributed by atoms with van der Waals surface area (Å²) < 4.78 is 12.2. The van der Waals surface area contributed by atoms with E-state index in [0.717, 1.165) is 49.8 Å². The van der Waals surface area contributed by atoms with Crippen LogP contribution in [0, 0.1) is 23.2 Å². The van der Waals surface area contributed by atoms with Crippen molar-refractivity contribution in [1.82, 2.24) is 10.1 Å². The molecule has 3 aliphatic carbocycles. The lowest BCUT2D eigenvalue weighted by Gasteiger charge is -2.42. The summed E-state index contributed by atoms with van der Waals surface area (Å²) in [7, 11) is 0. The van der Waals surface area contributed by atoms with Crippen LogP contribution in [0.25, 0.3) is 11.3 Å². The number of rotatable bonds is 6. The lowest BCUT2D eigenvalue weighted by Crippen LogP contribution is -2.45. The van der Waals surface area contributed by atoms with Crippen LogP contribution >= 0.6 is 23.2 Å². The highest BCUT2D eigenvalue weighted by Crippen LogP contribution is 2.55. The van der Waals surface area contributed by atoms with Gasteiger partial charge < -0.3 is 14.4 Å². The first kappa shape index (κ1) is 23.0. The maximum absolute atomic E-state index is 11.7. The second kappa shape index (κ2) is 8.90. The Morgan fingerprint density at radius 2 is 1.83 bits per heavy atom. The van der Waals surface area contributed by atoms with E-state index in [2.05, 4.69) is 16.2 Å². The Labute approximate surface area is 213 Å². The van der Waals surface area contributed by atoms with Crippen molar-refractivity contribution in [2.45, 2.75) is 62.8 Å². The van der Waals surface area contributed by atoms with E-state index >= 15 is 0 Å². The summed E-state index contributed by atoms with van der Waals surface area (Å²) in [6.07, 6.45) is 7.07. The summed E-state index contributed by atoms with van der Waals surface area (Å²) in [6, 6.07) is 11.0. The van der Waals surface area contributed by atoms with Crippen LogP contribution < -0.4 is 0 Å². The minimum atomic E-state index is -1.01. The zero-order valence-corrected chi connectivity index (χ0v) is 20.6. The van der Waals surface area contributed by atoms with Crippen molar-refractivity contribution >= 4 is 23.2 Å². The van der Waals surface area contributed by atoms with Crippen molar-refractivity contribution in [2.75, 3.05) is 0 Å². The molecule has 4 atom stereocenters. The molecule has 35 heavy (non-hydrogen) atoms. The number of ether oxygens (including phenoxy) is 1. The molecule has 6 rings (SSSR count). The van der Waals surface area contributed by atoms with Crippen LogP contribution in [0.2, 0.25) is 10.0 Å². The van der Waals surface area contributed by atoms with Gasteiger partial charge in [-0.05, 0) is 74.6 Å². The fourth-order valence-electron chi connectivity index (χ4n) is 6.02. The number of nitriles is 1. The third-order valence-corrected chi connectivity index (χ3v) is 8.56. The first-order valence-electron chi connectivity index (χ1n) is 12.1. The molecule has 0 amide bonds. The minimum absolute atomic E-state index is 0.00319. The molecule has 0 spiro atoms. The molecular weight excluding hydrogens is 485 g/mol. The lowest BCUT2D eigenvalue weighted by molar-refractivity contribution is -0.118. The van der Waals surface area contributed by atoms with Crippen molar-refractivity contribution in [3.63, 3.8) is 0 Å². The molecule has 0 saturated heterocycles. The highest BCUT2D eigenvalue weighted by Gasteiger charge is 2.55. The number of aromatic nitrogens is 2. The van der Waals surface area contributed by atoms with E-state index in [1.165, 1.54) is 0 Å². The van der Waals surface area contributed by atoms with Crippen molar-refractivity contribution in [3.8, 4) is 17.3 Å². The Bertz CT molecular complexity index is 1280. The van der Waals surface area contributed by atoms with Crippen LogP contribution in [0.1, 0.15) is 67.0 Å². The predicted octanol–water partition coefficient (Wildman–Crippen LogP) is 6.39. The summed E-state index contributed by atoms with van der Waals surface area (Å²) in [5.74, 6) is 1.30. The van der Waals surface area contributed by atoms with Gasteiger partial charge in [-0.1, -0.05) is 34.4 Å². The number of halogens is 2. The zero-order chi connectivity index (χ0) is 24.2. The van der Waals surface area contributed by atoms with Crippen LogP contribution in [-0.2, 0) is 16.9 Å². The number of nitrogens with zero attached hydrogens (tertiary/aromatic N) is 3. The summed E-state index contributed by atoms with van der Waals surface area (Å²) in [6.45, 7) is 0.358. The normalized spacial score (nSPS) is 27.7. The molecular formula is C27H25Cl2N3O3. The van der Waals surface area contributed by atoms with E-state index in [-0.39, 0.29) is 17.9 Å². The van der Waals surface area contributed by atoms with E-state index in [4.69, 9.17) is 32.5 Å². The SMILES string of the molecule is N#Cc1ccnc([C@@]2(O)[C@@H]3CC[C@H]2C[C@@H](OCc2c(-c4c(Cl)cccc4Cl)noc2C2CC2)C3)c1. The van der Waals surface area contributed by atoms with Crippen LogP contribution in [0.3, 0.4) is 0 Å². The second-order valence-electron chi connectivity index (χ2n) is 9.99. The van der Waals surface area contributed by atoms with Gasteiger partial charge in [-0.25, -0.2) is 0 Å². The molecule has 1 aromatic carbocycles. The van der Waals surface area contributed by atoms with Gasteiger partial charge >= 0.3 is 0 Å². The van der Waals surface area contributed by atoms with Gasteiger partial charge in [-0.15, -0.1) is 0 Å². The Morgan fingerprint density at radius 3 is 2.49 bits per heavy atom. The quantitative estimate of drug-likeness (QED) is 0.414. The Hall–Kier alpha value is -2.43. The van der Waals surface area contributed by atoms with E-state index in [0.29, 0.717) is 45.1 Å². The Morgan fingerprint density at radius 1 is 1.11 bits per heavy atom. The molecule has 0 aliphatic heterocycles. The molecule has 8 heteroatoms. The monoisotopic (exact) mass is 509 g/mol. The van der Waals surface area contributed by atoms with Gasteiger partial charge in [0.1, 0.15) is 17.1 Å². The molecule has 1 N–H and O–H groups in total. The van der Waals surface area contributed by atoms with Gasteiger partial charge in [0.25, 0.3) is 0 Å². The molecule has 3 aliphatic rings. The number of hydrogen-bond donors (Lipinski definition) is 1. The maximum Gasteiger partial charge on any atom is 0.145 e. The van der Waals surface area contributed by atoms with E-state index in [9.17, 15) is 10.4 Å². The topological polar surface area (TPSA) is 92.2 Å².